The van der Waals surface area contributed by atoms with E-state index in [9.17, 15) is 5.26 Å². The highest BCUT2D eigenvalue weighted by Gasteiger charge is 2.67. The van der Waals surface area contributed by atoms with E-state index in [1.807, 2.05) is 6.07 Å². The molecule has 1 aliphatic heterocycles. The Hall–Kier alpha value is -1.33. The Labute approximate surface area is 95.8 Å². The molecule has 0 N–H and O–H groups in total. The number of benzene rings is 1. The van der Waals surface area contributed by atoms with Crippen LogP contribution in [0.15, 0.2) is 30.3 Å². The molecule has 2 nitrogen and oxygen atoms in total. The van der Waals surface area contributed by atoms with Gasteiger partial charge in [-0.1, -0.05) is 30.3 Å². The van der Waals surface area contributed by atoms with Crippen molar-refractivity contribution in [2.75, 3.05) is 6.61 Å². The maximum Gasteiger partial charge on any atom is 0.110 e. The molecular weight excluding hydrogens is 198 g/mol. The summed E-state index contributed by atoms with van der Waals surface area (Å²) in [5.74, 6) is 0. The Kier molecular flexibility index (Phi) is 2.05. The van der Waals surface area contributed by atoms with E-state index in [4.69, 9.17) is 4.74 Å². The number of hydrogen-bond acceptors (Lipinski definition) is 2. The summed E-state index contributed by atoms with van der Waals surface area (Å²) in [4.78, 5) is 0. The number of nitrogens with zero attached hydrogens (tertiary/aromatic N) is 1. The van der Waals surface area contributed by atoms with Crippen LogP contribution in [-0.4, -0.2) is 12.2 Å². The molecule has 2 aliphatic rings. The molecule has 3 rings (SSSR count). The van der Waals surface area contributed by atoms with Crippen LogP contribution in [0.3, 0.4) is 0 Å². The number of aryl methyl sites for hydroxylation is 1. The zero-order chi connectivity index (χ0) is 11.1. The first-order chi connectivity index (χ1) is 7.80. The van der Waals surface area contributed by atoms with Crippen molar-refractivity contribution in [3.05, 3.63) is 35.9 Å². The van der Waals surface area contributed by atoms with Crippen molar-refractivity contribution < 1.29 is 4.74 Å². The molecule has 0 aromatic heterocycles. The van der Waals surface area contributed by atoms with Gasteiger partial charge in [0.25, 0.3) is 0 Å². The van der Waals surface area contributed by atoms with Gasteiger partial charge in [-0.2, -0.15) is 5.26 Å². The number of hydrogen-bond donors (Lipinski definition) is 0. The van der Waals surface area contributed by atoms with Gasteiger partial charge in [-0.25, -0.2) is 0 Å². The minimum atomic E-state index is -0.137. The molecule has 82 valence electrons. The van der Waals surface area contributed by atoms with Crippen LogP contribution < -0.4 is 0 Å². The molecule has 1 aliphatic carbocycles. The lowest BCUT2D eigenvalue weighted by molar-refractivity contribution is 0.223. The van der Waals surface area contributed by atoms with E-state index in [1.165, 1.54) is 5.56 Å². The highest BCUT2D eigenvalue weighted by Crippen LogP contribution is 2.62. The Bertz CT molecular complexity index is 424. The van der Waals surface area contributed by atoms with Gasteiger partial charge in [0.15, 0.2) is 0 Å². The van der Waals surface area contributed by atoms with Crippen molar-refractivity contribution in [2.45, 2.75) is 31.3 Å². The lowest BCUT2D eigenvalue weighted by Gasteiger charge is -2.16. The fourth-order valence-corrected chi connectivity index (χ4v) is 2.53. The van der Waals surface area contributed by atoms with Gasteiger partial charge in [-0.3, -0.25) is 0 Å². The van der Waals surface area contributed by atoms with E-state index in [-0.39, 0.29) is 11.0 Å². The summed E-state index contributed by atoms with van der Waals surface area (Å²) in [7, 11) is 0. The maximum absolute atomic E-state index is 9.20. The second kappa shape index (κ2) is 3.33. The summed E-state index contributed by atoms with van der Waals surface area (Å²) in [6.07, 6.45) is 4.06. The van der Waals surface area contributed by atoms with Crippen LogP contribution >= 0.6 is 0 Å². The standard InChI is InChI=1S/C14H15NO/c15-10-13(8-9-13)14(11-16-14)7-6-12-4-2-1-3-5-12/h1-5H,6-9,11H2. The van der Waals surface area contributed by atoms with E-state index < -0.39 is 0 Å². The van der Waals surface area contributed by atoms with Crippen molar-refractivity contribution in [3.8, 4) is 6.07 Å². The molecule has 1 saturated heterocycles. The van der Waals surface area contributed by atoms with Crippen molar-refractivity contribution in [1.82, 2.24) is 0 Å². The van der Waals surface area contributed by atoms with Gasteiger partial charge in [-0.15, -0.1) is 0 Å². The quantitative estimate of drug-likeness (QED) is 0.721. The maximum atomic E-state index is 9.20. The zero-order valence-electron chi connectivity index (χ0n) is 9.28. The first kappa shape index (κ1) is 9.86. The number of nitriles is 1. The Balaban J connectivity index is 1.66. The summed E-state index contributed by atoms with van der Waals surface area (Å²) in [5.41, 5.74) is 1.10. The Morgan fingerprint density at radius 1 is 1.25 bits per heavy atom. The fraction of sp³-hybridized carbons (Fsp3) is 0.500. The molecule has 1 aromatic carbocycles. The topological polar surface area (TPSA) is 36.3 Å². The number of epoxide rings is 1. The highest BCUT2D eigenvalue weighted by atomic mass is 16.6. The van der Waals surface area contributed by atoms with Gasteiger partial charge in [-0.05, 0) is 31.2 Å². The molecule has 0 bridgehead atoms. The van der Waals surface area contributed by atoms with Crippen molar-refractivity contribution >= 4 is 0 Å². The summed E-state index contributed by atoms with van der Waals surface area (Å²) >= 11 is 0. The molecule has 1 saturated carbocycles. The molecule has 0 spiro atoms. The second-order valence-electron chi connectivity index (χ2n) is 4.96. The third-order valence-electron chi connectivity index (χ3n) is 3.99. The molecule has 1 heterocycles. The predicted octanol–water partition coefficient (Wildman–Crippen LogP) is 2.69. The van der Waals surface area contributed by atoms with Crippen LogP contribution in [0.1, 0.15) is 24.8 Å². The van der Waals surface area contributed by atoms with E-state index >= 15 is 0 Å². The fourth-order valence-electron chi connectivity index (χ4n) is 2.53. The van der Waals surface area contributed by atoms with E-state index in [2.05, 4.69) is 30.3 Å². The van der Waals surface area contributed by atoms with Gasteiger partial charge in [0.2, 0.25) is 0 Å². The molecular formula is C14H15NO. The van der Waals surface area contributed by atoms with E-state index in [1.54, 1.807) is 0 Å². The van der Waals surface area contributed by atoms with Crippen molar-refractivity contribution in [2.24, 2.45) is 5.41 Å². The van der Waals surface area contributed by atoms with E-state index in [0.717, 1.165) is 32.3 Å². The van der Waals surface area contributed by atoms with Gasteiger partial charge >= 0.3 is 0 Å². The van der Waals surface area contributed by atoms with Gasteiger partial charge < -0.3 is 4.74 Å². The summed E-state index contributed by atoms with van der Waals surface area (Å²) in [6, 6.07) is 12.9. The van der Waals surface area contributed by atoms with Crippen LogP contribution in [0, 0.1) is 16.7 Å². The molecule has 2 heteroatoms. The van der Waals surface area contributed by atoms with Crippen LogP contribution in [0.25, 0.3) is 0 Å². The summed E-state index contributed by atoms with van der Waals surface area (Å²) < 4.78 is 5.61. The molecule has 1 unspecified atom stereocenters. The Morgan fingerprint density at radius 2 is 1.94 bits per heavy atom. The SMILES string of the molecule is N#CC1(C2(CCc3ccccc3)CO2)CC1. The third-order valence-corrected chi connectivity index (χ3v) is 3.99. The van der Waals surface area contributed by atoms with Crippen molar-refractivity contribution in [1.29, 1.82) is 5.26 Å². The second-order valence-corrected chi connectivity index (χ2v) is 4.96. The van der Waals surface area contributed by atoms with Crippen LogP contribution in [0.2, 0.25) is 0 Å². The molecule has 0 radical (unpaired) electrons. The van der Waals surface area contributed by atoms with Crippen LogP contribution in [-0.2, 0) is 11.2 Å². The number of rotatable bonds is 4. The highest BCUT2D eigenvalue weighted by molar-refractivity contribution is 5.26. The number of ether oxygens (including phenoxy) is 1. The van der Waals surface area contributed by atoms with Gasteiger partial charge in [0, 0.05) is 0 Å². The normalized spacial score (nSPS) is 29.4. The smallest absolute Gasteiger partial charge is 0.110 e. The van der Waals surface area contributed by atoms with Crippen molar-refractivity contribution in [3.63, 3.8) is 0 Å². The monoisotopic (exact) mass is 213 g/mol. The van der Waals surface area contributed by atoms with Crippen LogP contribution in [0.5, 0.6) is 0 Å². The van der Waals surface area contributed by atoms with Crippen LogP contribution in [0.4, 0.5) is 0 Å². The first-order valence-electron chi connectivity index (χ1n) is 5.89. The average Bonchev–Trinajstić information content (AvgIpc) is 3.21. The molecule has 2 fully saturated rings. The Morgan fingerprint density at radius 3 is 2.44 bits per heavy atom. The minimum Gasteiger partial charge on any atom is -0.368 e. The van der Waals surface area contributed by atoms with E-state index in [0.29, 0.717) is 0 Å². The summed E-state index contributed by atoms with van der Waals surface area (Å²) in [6.45, 7) is 0.785. The van der Waals surface area contributed by atoms with Gasteiger partial charge in [0.05, 0.1) is 18.1 Å². The predicted molar refractivity (Wildman–Crippen MR) is 60.7 cm³/mol. The molecule has 1 aromatic rings. The lowest BCUT2D eigenvalue weighted by atomic mass is 9.85. The third kappa shape index (κ3) is 1.44. The average molecular weight is 213 g/mol. The molecule has 0 amide bonds. The minimum absolute atomic E-state index is 0.0996. The molecule has 1 atom stereocenters. The zero-order valence-corrected chi connectivity index (χ0v) is 9.28. The first-order valence-corrected chi connectivity index (χ1v) is 5.89. The summed E-state index contributed by atoms with van der Waals surface area (Å²) in [5, 5.41) is 9.20. The lowest BCUT2D eigenvalue weighted by Crippen LogP contribution is -2.25. The molecule has 16 heavy (non-hydrogen) atoms. The largest absolute Gasteiger partial charge is 0.368 e. The van der Waals surface area contributed by atoms with Gasteiger partial charge in [0.1, 0.15) is 5.60 Å².